The van der Waals surface area contributed by atoms with Crippen LogP contribution in [0.25, 0.3) is 0 Å². The van der Waals surface area contributed by atoms with Crippen LogP contribution in [0.5, 0.6) is 11.6 Å². The van der Waals surface area contributed by atoms with Crippen molar-refractivity contribution in [3.05, 3.63) is 48.2 Å². The summed E-state index contributed by atoms with van der Waals surface area (Å²) in [6, 6.07) is 13.2. The van der Waals surface area contributed by atoms with Crippen molar-refractivity contribution in [1.82, 2.24) is 4.98 Å². The molecule has 0 bridgehead atoms. The minimum absolute atomic E-state index is 0.450. The second-order valence-electron chi connectivity index (χ2n) is 3.83. The second kappa shape index (κ2) is 5.91. The quantitative estimate of drug-likeness (QED) is 0.821. The summed E-state index contributed by atoms with van der Waals surface area (Å²) in [5, 5.41) is 0. The van der Waals surface area contributed by atoms with E-state index in [-0.39, 0.29) is 0 Å². The molecule has 4 nitrogen and oxygen atoms in total. The van der Waals surface area contributed by atoms with Gasteiger partial charge < -0.3 is 15.2 Å². The minimum Gasteiger partial charge on any atom is -0.490 e. The van der Waals surface area contributed by atoms with Gasteiger partial charge in [-0.05, 0) is 25.1 Å². The lowest BCUT2D eigenvalue weighted by atomic mass is 10.3. The van der Waals surface area contributed by atoms with Crippen LogP contribution in [0.2, 0.25) is 0 Å². The molecule has 0 radical (unpaired) electrons. The number of benzene rings is 1. The number of nitrogen functional groups attached to an aromatic ring is 1. The van der Waals surface area contributed by atoms with E-state index >= 15 is 0 Å². The number of anilines is 1. The number of aryl methyl sites for hydroxylation is 1. The second-order valence-corrected chi connectivity index (χ2v) is 3.83. The SMILES string of the molecule is Cc1nc(OCCOc2ccccc2)ccc1N. The standard InChI is InChI=1S/C14H16N2O2/c1-11-13(15)7-8-14(16-11)18-10-9-17-12-5-3-2-4-6-12/h2-8H,9-10,15H2,1H3. The fourth-order valence-electron chi connectivity index (χ4n) is 1.45. The molecular weight excluding hydrogens is 228 g/mol. The molecule has 2 aromatic rings. The summed E-state index contributed by atoms with van der Waals surface area (Å²) < 4.78 is 11.0. The van der Waals surface area contributed by atoms with Crippen molar-refractivity contribution in [2.24, 2.45) is 0 Å². The number of ether oxygens (including phenoxy) is 2. The molecule has 1 aromatic heterocycles. The molecule has 0 unspecified atom stereocenters. The van der Waals surface area contributed by atoms with Crippen molar-refractivity contribution in [3.63, 3.8) is 0 Å². The first-order valence-corrected chi connectivity index (χ1v) is 5.79. The monoisotopic (exact) mass is 244 g/mol. The van der Waals surface area contributed by atoms with E-state index in [2.05, 4.69) is 4.98 Å². The Morgan fingerprint density at radius 1 is 1.00 bits per heavy atom. The van der Waals surface area contributed by atoms with E-state index in [1.54, 1.807) is 12.1 Å². The number of hydrogen-bond acceptors (Lipinski definition) is 4. The number of aromatic nitrogens is 1. The molecule has 0 fully saturated rings. The van der Waals surface area contributed by atoms with E-state index in [0.29, 0.717) is 24.8 Å². The molecule has 0 aliphatic carbocycles. The maximum absolute atomic E-state index is 5.68. The molecule has 0 saturated heterocycles. The predicted octanol–water partition coefficient (Wildman–Crippen LogP) is 2.43. The maximum Gasteiger partial charge on any atom is 0.213 e. The number of hydrogen-bond donors (Lipinski definition) is 1. The van der Waals surface area contributed by atoms with Gasteiger partial charge in [0.25, 0.3) is 0 Å². The summed E-state index contributed by atoms with van der Waals surface area (Å²) in [6.07, 6.45) is 0. The van der Waals surface area contributed by atoms with Crippen LogP contribution >= 0.6 is 0 Å². The zero-order chi connectivity index (χ0) is 12.8. The number of nitrogens with zero attached hydrogens (tertiary/aromatic N) is 1. The summed E-state index contributed by atoms with van der Waals surface area (Å²) in [5.74, 6) is 1.40. The van der Waals surface area contributed by atoms with Crippen LogP contribution in [-0.2, 0) is 0 Å². The molecular formula is C14H16N2O2. The van der Waals surface area contributed by atoms with Crippen molar-refractivity contribution in [3.8, 4) is 11.6 Å². The van der Waals surface area contributed by atoms with Crippen LogP contribution < -0.4 is 15.2 Å². The zero-order valence-electron chi connectivity index (χ0n) is 10.3. The highest BCUT2D eigenvalue weighted by atomic mass is 16.5. The third-order valence-electron chi connectivity index (χ3n) is 2.45. The Labute approximate surface area is 106 Å². The van der Waals surface area contributed by atoms with Gasteiger partial charge in [0.1, 0.15) is 19.0 Å². The zero-order valence-corrected chi connectivity index (χ0v) is 10.3. The molecule has 0 saturated carbocycles. The summed E-state index contributed by atoms with van der Waals surface area (Å²) in [4.78, 5) is 4.21. The Kier molecular flexibility index (Phi) is 4.02. The minimum atomic E-state index is 0.450. The largest absolute Gasteiger partial charge is 0.490 e. The van der Waals surface area contributed by atoms with Crippen LogP contribution in [0.3, 0.4) is 0 Å². The molecule has 0 spiro atoms. The number of rotatable bonds is 5. The fraction of sp³-hybridized carbons (Fsp3) is 0.214. The lowest BCUT2D eigenvalue weighted by Gasteiger charge is -2.08. The molecule has 94 valence electrons. The van der Waals surface area contributed by atoms with Crippen LogP contribution in [0.4, 0.5) is 5.69 Å². The summed E-state index contributed by atoms with van der Waals surface area (Å²) in [5.41, 5.74) is 7.12. The first-order chi connectivity index (χ1) is 8.75. The Balaban J connectivity index is 1.77. The Bertz CT molecular complexity index is 500. The average molecular weight is 244 g/mol. The summed E-state index contributed by atoms with van der Waals surface area (Å²) >= 11 is 0. The Morgan fingerprint density at radius 2 is 1.72 bits per heavy atom. The van der Waals surface area contributed by atoms with E-state index < -0.39 is 0 Å². The van der Waals surface area contributed by atoms with E-state index in [1.807, 2.05) is 37.3 Å². The molecule has 2 N–H and O–H groups in total. The van der Waals surface area contributed by atoms with Crippen molar-refractivity contribution < 1.29 is 9.47 Å². The normalized spacial score (nSPS) is 10.1. The van der Waals surface area contributed by atoms with E-state index in [1.165, 1.54) is 0 Å². The molecule has 1 aromatic carbocycles. The van der Waals surface area contributed by atoms with Gasteiger partial charge in [0, 0.05) is 6.07 Å². The van der Waals surface area contributed by atoms with Crippen LogP contribution in [0.1, 0.15) is 5.69 Å². The highest BCUT2D eigenvalue weighted by Gasteiger charge is 1.99. The molecule has 0 atom stereocenters. The molecule has 0 amide bonds. The number of para-hydroxylation sites is 1. The van der Waals surface area contributed by atoms with Gasteiger partial charge in [0.2, 0.25) is 5.88 Å². The van der Waals surface area contributed by atoms with Crippen molar-refractivity contribution in [2.75, 3.05) is 18.9 Å². The predicted molar refractivity (Wildman–Crippen MR) is 70.8 cm³/mol. The summed E-state index contributed by atoms with van der Waals surface area (Å²) in [6.45, 7) is 2.78. The Hall–Kier alpha value is -2.23. The number of nitrogens with two attached hydrogens (primary N) is 1. The molecule has 0 aliphatic rings. The van der Waals surface area contributed by atoms with Crippen LogP contribution in [0, 0.1) is 6.92 Å². The van der Waals surface area contributed by atoms with Gasteiger partial charge in [0.15, 0.2) is 0 Å². The first kappa shape index (κ1) is 12.2. The first-order valence-electron chi connectivity index (χ1n) is 5.79. The topological polar surface area (TPSA) is 57.4 Å². The lowest BCUT2D eigenvalue weighted by molar-refractivity contribution is 0.212. The highest BCUT2D eigenvalue weighted by molar-refractivity contribution is 5.43. The van der Waals surface area contributed by atoms with Gasteiger partial charge in [-0.1, -0.05) is 18.2 Å². The van der Waals surface area contributed by atoms with Crippen LogP contribution in [0.15, 0.2) is 42.5 Å². The van der Waals surface area contributed by atoms with Gasteiger partial charge in [-0.2, -0.15) is 0 Å². The van der Waals surface area contributed by atoms with E-state index in [0.717, 1.165) is 11.4 Å². The van der Waals surface area contributed by atoms with Crippen molar-refractivity contribution in [2.45, 2.75) is 6.92 Å². The van der Waals surface area contributed by atoms with E-state index in [9.17, 15) is 0 Å². The maximum atomic E-state index is 5.68. The third-order valence-corrected chi connectivity index (χ3v) is 2.45. The highest BCUT2D eigenvalue weighted by Crippen LogP contribution is 2.13. The fourth-order valence-corrected chi connectivity index (χ4v) is 1.45. The van der Waals surface area contributed by atoms with Gasteiger partial charge in [-0.15, -0.1) is 0 Å². The molecule has 4 heteroatoms. The smallest absolute Gasteiger partial charge is 0.213 e. The average Bonchev–Trinajstić information content (AvgIpc) is 2.40. The van der Waals surface area contributed by atoms with Gasteiger partial charge in [-0.3, -0.25) is 0 Å². The molecule has 2 rings (SSSR count). The summed E-state index contributed by atoms with van der Waals surface area (Å²) in [7, 11) is 0. The number of pyridine rings is 1. The van der Waals surface area contributed by atoms with Crippen molar-refractivity contribution >= 4 is 5.69 Å². The van der Waals surface area contributed by atoms with E-state index in [4.69, 9.17) is 15.2 Å². The van der Waals surface area contributed by atoms with Crippen molar-refractivity contribution in [1.29, 1.82) is 0 Å². The van der Waals surface area contributed by atoms with Crippen LogP contribution in [-0.4, -0.2) is 18.2 Å². The van der Waals surface area contributed by atoms with Gasteiger partial charge in [-0.25, -0.2) is 4.98 Å². The van der Waals surface area contributed by atoms with Gasteiger partial charge >= 0.3 is 0 Å². The van der Waals surface area contributed by atoms with Gasteiger partial charge in [0.05, 0.1) is 11.4 Å². The molecule has 1 heterocycles. The lowest BCUT2D eigenvalue weighted by Crippen LogP contribution is -2.10. The Morgan fingerprint density at radius 3 is 2.44 bits per heavy atom. The molecule has 0 aliphatic heterocycles. The third kappa shape index (κ3) is 3.38. The molecule has 18 heavy (non-hydrogen) atoms.